The number of carboxylic acids is 1. The monoisotopic (exact) mass is 393 g/mol. The quantitative estimate of drug-likeness (QED) is 0.371. The van der Waals surface area contributed by atoms with Crippen molar-refractivity contribution < 1.29 is 29.0 Å². The van der Waals surface area contributed by atoms with Crippen LogP contribution in [-0.4, -0.2) is 41.6 Å². The van der Waals surface area contributed by atoms with Gasteiger partial charge in [0.25, 0.3) is 0 Å². The van der Waals surface area contributed by atoms with Crippen LogP contribution in [-0.2, 0) is 25.7 Å². The molecule has 0 aliphatic heterocycles. The summed E-state index contributed by atoms with van der Waals surface area (Å²) in [5, 5.41) is 13.7. The van der Waals surface area contributed by atoms with Gasteiger partial charge in [-0.05, 0) is 24.8 Å². The molecule has 1 rings (SSSR count). The van der Waals surface area contributed by atoms with Crippen molar-refractivity contribution in [3.05, 3.63) is 35.9 Å². The highest BCUT2D eigenvalue weighted by molar-refractivity contribution is 5.86. The van der Waals surface area contributed by atoms with Gasteiger partial charge >= 0.3 is 12.1 Å². The Morgan fingerprint density at radius 1 is 1.04 bits per heavy atom. The molecule has 0 saturated carbocycles. The Hall–Kier alpha value is -3.10. The fraction of sp³-hybridized carbons (Fsp3) is 0.474. The molecule has 0 spiro atoms. The zero-order valence-electron chi connectivity index (χ0n) is 15.7. The van der Waals surface area contributed by atoms with E-state index in [4.69, 9.17) is 15.6 Å². The van der Waals surface area contributed by atoms with E-state index >= 15 is 0 Å². The lowest BCUT2D eigenvalue weighted by Gasteiger charge is -2.14. The van der Waals surface area contributed by atoms with Crippen molar-refractivity contribution in [1.29, 1.82) is 0 Å². The summed E-state index contributed by atoms with van der Waals surface area (Å²) in [6, 6.07) is 8.36. The summed E-state index contributed by atoms with van der Waals surface area (Å²) < 4.78 is 5.08. The molecule has 1 aromatic rings. The molecule has 0 unspecified atom stereocenters. The number of nitrogens with one attached hydrogen (secondary N) is 2. The minimum atomic E-state index is -1.06. The number of hydrogen-bond donors (Lipinski definition) is 4. The highest BCUT2D eigenvalue weighted by Crippen LogP contribution is 2.03. The first-order valence-electron chi connectivity index (χ1n) is 9.13. The van der Waals surface area contributed by atoms with E-state index in [2.05, 4.69) is 10.6 Å². The van der Waals surface area contributed by atoms with Crippen LogP contribution in [0.2, 0.25) is 0 Å². The summed E-state index contributed by atoms with van der Waals surface area (Å²) in [4.78, 5) is 45.2. The standard InChI is InChI=1S/C19H27N3O6/c20-18(26)15(10-11-17(24)25)22-16(23)9-5-2-6-12-21-19(27)28-13-14-7-3-1-4-8-14/h1,3-4,7-8,15H,2,5-6,9-13H2,(H2,20,26)(H,21,27)(H,22,23)(H,24,25)/t15-/m1/s1. The first kappa shape index (κ1) is 22.9. The molecule has 0 bridgehead atoms. The second kappa shape index (κ2) is 13.1. The van der Waals surface area contributed by atoms with Crippen molar-refractivity contribution in [1.82, 2.24) is 10.6 Å². The molecule has 1 aromatic carbocycles. The normalized spacial score (nSPS) is 11.3. The van der Waals surface area contributed by atoms with Crippen LogP contribution in [0.25, 0.3) is 0 Å². The smallest absolute Gasteiger partial charge is 0.407 e. The Bertz CT molecular complexity index is 650. The van der Waals surface area contributed by atoms with Crippen LogP contribution in [0, 0.1) is 0 Å². The molecule has 0 aromatic heterocycles. The highest BCUT2D eigenvalue weighted by Gasteiger charge is 2.18. The van der Waals surface area contributed by atoms with E-state index in [1.807, 2.05) is 30.3 Å². The van der Waals surface area contributed by atoms with E-state index < -0.39 is 24.0 Å². The SMILES string of the molecule is NC(=O)[C@@H](CCC(=O)O)NC(=O)CCCCCNC(=O)OCc1ccccc1. The van der Waals surface area contributed by atoms with Gasteiger partial charge in [0.1, 0.15) is 12.6 Å². The molecule has 0 radical (unpaired) electrons. The number of alkyl carbamates (subject to hydrolysis) is 1. The third kappa shape index (κ3) is 10.8. The molecule has 0 fully saturated rings. The molecule has 0 saturated heterocycles. The van der Waals surface area contributed by atoms with Crippen LogP contribution in [0.3, 0.4) is 0 Å². The van der Waals surface area contributed by atoms with Crippen LogP contribution >= 0.6 is 0 Å². The van der Waals surface area contributed by atoms with Crippen molar-refractivity contribution >= 4 is 23.9 Å². The first-order chi connectivity index (χ1) is 13.4. The van der Waals surface area contributed by atoms with Crippen LogP contribution in [0.4, 0.5) is 4.79 Å². The first-order valence-corrected chi connectivity index (χ1v) is 9.13. The number of hydrogen-bond acceptors (Lipinski definition) is 5. The van der Waals surface area contributed by atoms with Gasteiger partial charge in [0.05, 0.1) is 0 Å². The van der Waals surface area contributed by atoms with E-state index in [0.717, 1.165) is 5.56 Å². The van der Waals surface area contributed by atoms with Gasteiger partial charge in [0, 0.05) is 19.4 Å². The maximum absolute atomic E-state index is 11.8. The lowest BCUT2D eigenvalue weighted by Crippen LogP contribution is -2.44. The number of unbranched alkanes of at least 4 members (excludes halogenated alkanes) is 2. The number of nitrogens with two attached hydrogens (primary N) is 1. The van der Waals surface area contributed by atoms with Crippen molar-refractivity contribution in [2.24, 2.45) is 5.73 Å². The summed E-state index contributed by atoms with van der Waals surface area (Å²) >= 11 is 0. The molecule has 28 heavy (non-hydrogen) atoms. The summed E-state index contributed by atoms with van der Waals surface area (Å²) in [5.41, 5.74) is 6.06. The van der Waals surface area contributed by atoms with Gasteiger partial charge in [0.15, 0.2) is 0 Å². The van der Waals surface area contributed by atoms with Gasteiger partial charge in [-0.25, -0.2) is 4.79 Å². The molecule has 1 atom stereocenters. The molecule has 0 heterocycles. The van der Waals surface area contributed by atoms with Gasteiger partial charge in [0.2, 0.25) is 11.8 Å². The predicted octanol–water partition coefficient (Wildman–Crippen LogP) is 1.31. The Labute approximate surface area is 163 Å². The van der Waals surface area contributed by atoms with Gasteiger partial charge in [-0.15, -0.1) is 0 Å². The van der Waals surface area contributed by atoms with Crippen molar-refractivity contribution in [2.45, 2.75) is 51.2 Å². The van der Waals surface area contributed by atoms with E-state index in [1.165, 1.54) is 0 Å². The Kier molecular flexibility index (Phi) is 10.8. The third-order valence-corrected chi connectivity index (χ3v) is 3.89. The Morgan fingerprint density at radius 3 is 2.39 bits per heavy atom. The molecular formula is C19H27N3O6. The second-order valence-electron chi connectivity index (χ2n) is 6.25. The number of ether oxygens (including phenoxy) is 1. The van der Waals surface area contributed by atoms with E-state index in [-0.39, 0.29) is 31.8 Å². The molecule has 5 N–H and O–H groups in total. The number of carbonyl (C=O) groups excluding carboxylic acids is 3. The zero-order chi connectivity index (χ0) is 20.8. The fourth-order valence-electron chi connectivity index (χ4n) is 2.37. The summed E-state index contributed by atoms with van der Waals surface area (Å²) in [6.45, 7) is 0.632. The minimum absolute atomic E-state index is 0.0363. The summed E-state index contributed by atoms with van der Waals surface area (Å²) in [6.07, 6.45) is 1.34. The van der Waals surface area contributed by atoms with E-state index in [1.54, 1.807) is 0 Å². The average Bonchev–Trinajstić information content (AvgIpc) is 2.66. The molecule has 0 aliphatic carbocycles. The highest BCUT2D eigenvalue weighted by atomic mass is 16.5. The van der Waals surface area contributed by atoms with Gasteiger partial charge in [-0.3, -0.25) is 14.4 Å². The molecule has 9 heteroatoms. The number of carbonyl (C=O) groups is 4. The third-order valence-electron chi connectivity index (χ3n) is 3.89. The molecule has 3 amide bonds. The number of amides is 3. The van der Waals surface area contributed by atoms with Crippen molar-refractivity contribution in [2.75, 3.05) is 6.54 Å². The lowest BCUT2D eigenvalue weighted by atomic mass is 10.1. The Balaban J connectivity index is 2.09. The van der Waals surface area contributed by atoms with Crippen LogP contribution in [0.1, 0.15) is 44.1 Å². The van der Waals surface area contributed by atoms with E-state index in [9.17, 15) is 19.2 Å². The average molecular weight is 393 g/mol. The number of carboxylic acid groups (broad SMARTS) is 1. The maximum atomic E-state index is 11.8. The van der Waals surface area contributed by atoms with Crippen molar-refractivity contribution in [3.63, 3.8) is 0 Å². The minimum Gasteiger partial charge on any atom is -0.481 e. The Morgan fingerprint density at radius 2 is 1.75 bits per heavy atom. The largest absolute Gasteiger partial charge is 0.481 e. The van der Waals surface area contributed by atoms with Crippen LogP contribution in [0.5, 0.6) is 0 Å². The maximum Gasteiger partial charge on any atom is 0.407 e. The van der Waals surface area contributed by atoms with Gasteiger partial charge in [-0.2, -0.15) is 0 Å². The summed E-state index contributed by atoms with van der Waals surface area (Å²) in [7, 11) is 0. The second-order valence-corrected chi connectivity index (χ2v) is 6.25. The predicted molar refractivity (Wildman–Crippen MR) is 101 cm³/mol. The number of rotatable bonds is 13. The molecule has 0 aliphatic rings. The number of benzene rings is 1. The fourth-order valence-corrected chi connectivity index (χ4v) is 2.37. The molecular weight excluding hydrogens is 366 g/mol. The number of primary amides is 1. The lowest BCUT2D eigenvalue weighted by molar-refractivity contribution is -0.137. The zero-order valence-corrected chi connectivity index (χ0v) is 15.7. The molecule has 9 nitrogen and oxygen atoms in total. The van der Waals surface area contributed by atoms with Gasteiger partial charge in [-0.1, -0.05) is 36.8 Å². The van der Waals surface area contributed by atoms with Crippen molar-refractivity contribution in [3.8, 4) is 0 Å². The van der Waals surface area contributed by atoms with Gasteiger partial charge < -0.3 is 26.2 Å². The molecule has 154 valence electrons. The van der Waals surface area contributed by atoms with Crippen LogP contribution < -0.4 is 16.4 Å². The van der Waals surface area contributed by atoms with Crippen LogP contribution in [0.15, 0.2) is 30.3 Å². The number of aliphatic carboxylic acids is 1. The van der Waals surface area contributed by atoms with E-state index in [0.29, 0.717) is 25.8 Å². The summed E-state index contributed by atoms with van der Waals surface area (Å²) in [5.74, 6) is -2.17. The topological polar surface area (TPSA) is 148 Å².